The van der Waals surface area contributed by atoms with E-state index in [9.17, 15) is 14.4 Å². The first-order chi connectivity index (χ1) is 15.3. The van der Waals surface area contributed by atoms with E-state index in [1.54, 1.807) is 16.8 Å². The van der Waals surface area contributed by atoms with Crippen molar-refractivity contribution in [2.45, 2.75) is 38.0 Å². The van der Waals surface area contributed by atoms with Gasteiger partial charge in [-0.1, -0.05) is 67.2 Å². The Morgan fingerprint density at radius 1 is 0.875 bits per heavy atom. The third-order valence-corrected chi connectivity index (χ3v) is 6.26. The molecule has 0 bridgehead atoms. The van der Waals surface area contributed by atoms with Gasteiger partial charge < -0.3 is 15.1 Å². The minimum Gasteiger partial charge on any atom is -0.329 e. The maximum Gasteiger partial charge on any atom is 0.327 e. The number of amides is 5. The van der Waals surface area contributed by atoms with Gasteiger partial charge in [-0.15, -0.1) is 0 Å². The summed E-state index contributed by atoms with van der Waals surface area (Å²) in [7, 11) is 3.53. The van der Waals surface area contributed by atoms with Gasteiger partial charge in [0.05, 0.1) is 24.2 Å². The van der Waals surface area contributed by atoms with E-state index in [4.69, 9.17) is 0 Å². The Bertz CT molecular complexity index is 979. The fraction of sp³-hybridized carbons (Fsp3) is 0.320. The van der Waals surface area contributed by atoms with Crippen molar-refractivity contribution in [3.8, 4) is 0 Å². The van der Waals surface area contributed by atoms with E-state index in [0.717, 1.165) is 11.1 Å². The molecule has 4 atom stereocenters. The zero-order valence-corrected chi connectivity index (χ0v) is 18.9. The molecule has 2 aromatic carbocycles. The third kappa shape index (κ3) is 4.37. The molecule has 0 spiro atoms. The van der Waals surface area contributed by atoms with Crippen molar-refractivity contribution < 1.29 is 14.4 Å². The summed E-state index contributed by atoms with van der Waals surface area (Å²) in [5.74, 6) is -0.356. The Labute approximate surface area is 189 Å². The van der Waals surface area contributed by atoms with Gasteiger partial charge in [-0.3, -0.25) is 9.69 Å². The number of hydrogen-bond acceptors (Lipinski definition) is 3. The Balaban J connectivity index is 0.000000186. The topological polar surface area (TPSA) is 73.0 Å². The fourth-order valence-electron chi connectivity index (χ4n) is 4.08. The molecular weight excluding hydrogens is 404 g/mol. The fourth-order valence-corrected chi connectivity index (χ4v) is 4.08. The summed E-state index contributed by atoms with van der Waals surface area (Å²) in [6.07, 6.45) is 1.18. The molecule has 2 aliphatic rings. The molecule has 4 rings (SSSR count). The lowest BCUT2D eigenvalue weighted by Gasteiger charge is -2.23. The normalized spacial score (nSPS) is 24.7. The van der Waals surface area contributed by atoms with Crippen LogP contribution < -0.4 is 5.32 Å². The summed E-state index contributed by atoms with van der Waals surface area (Å²) >= 11 is 0. The lowest BCUT2D eigenvalue weighted by molar-refractivity contribution is -0.124. The molecule has 7 heteroatoms. The van der Waals surface area contributed by atoms with Crippen molar-refractivity contribution in [2.24, 2.45) is 0 Å². The second-order valence-electron chi connectivity index (χ2n) is 8.09. The predicted molar refractivity (Wildman–Crippen MR) is 124 cm³/mol. The van der Waals surface area contributed by atoms with E-state index in [0.29, 0.717) is 0 Å². The first kappa shape index (κ1) is 23.1. The summed E-state index contributed by atoms with van der Waals surface area (Å²) in [6, 6.07) is 19.4. The van der Waals surface area contributed by atoms with Crippen LogP contribution in [0, 0.1) is 0 Å². The smallest absolute Gasteiger partial charge is 0.327 e. The van der Waals surface area contributed by atoms with Crippen molar-refractivity contribution in [3.63, 3.8) is 0 Å². The van der Waals surface area contributed by atoms with E-state index in [-0.39, 0.29) is 42.1 Å². The highest BCUT2D eigenvalue weighted by atomic mass is 16.2. The molecule has 2 saturated heterocycles. The summed E-state index contributed by atoms with van der Waals surface area (Å²) in [5.41, 5.74) is 2.12. The van der Waals surface area contributed by atoms with Gasteiger partial charge in [-0.2, -0.15) is 0 Å². The molecule has 4 unspecified atom stereocenters. The average Bonchev–Trinajstić information content (AvgIpc) is 3.22. The van der Waals surface area contributed by atoms with Crippen LogP contribution in [0.25, 0.3) is 0 Å². The van der Waals surface area contributed by atoms with E-state index in [2.05, 4.69) is 18.8 Å². The molecule has 2 aliphatic heterocycles. The van der Waals surface area contributed by atoms with Crippen LogP contribution in [0.3, 0.4) is 0 Å². The highest BCUT2D eigenvalue weighted by Gasteiger charge is 2.44. The minimum absolute atomic E-state index is 0.00588. The monoisotopic (exact) mass is 434 g/mol. The molecule has 2 aromatic rings. The van der Waals surface area contributed by atoms with Crippen LogP contribution in [-0.4, -0.2) is 58.8 Å². The van der Waals surface area contributed by atoms with Crippen molar-refractivity contribution in [1.82, 2.24) is 20.0 Å². The number of imide groups is 1. The number of urea groups is 2. The number of carbonyl (C=O) groups excluding carboxylic acids is 3. The second kappa shape index (κ2) is 9.68. The van der Waals surface area contributed by atoms with Gasteiger partial charge >= 0.3 is 12.1 Å². The zero-order valence-electron chi connectivity index (χ0n) is 18.9. The molecular formula is C25H30N4O3. The quantitative estimate of drug-likeness (QED) is 0.743. The minimum atomic E-state index is -0.356. The van der Waals surface area contributed by atoms with Crippen LogP contribution in [-0.2, 0) is 4.79 Å². The van der Waals surface area contributed by atoms with Crippen LogP contribution in [0.2, 0.25) is 0 Å². The average molecular weight is 435 g/mol. The predicted octanol–water partition coefficient (Wildman–Crippen LogP) is 3.97. The van der Waals surface area contributed by atoms with Crippen molar-refractivity contribution in [2.75, 3.05) is 14.1 Å². The molecule has 0 aromatic heterocycles. The largest absolute Gasteiger partial charge is 0.329 e. The van der Waals surface area contributed by atoms with Crippen LogP contribution in [0.5, 0.6) is 0 Å². The number of benzene rings is 2. The number of likely N-dealkylation sites (N-methyl/N-ethyl adjacent to an activating group) is 2. The zero-order chi connectivity index (χ0) is 23.4. The number of rotatable bonds is 3. The van der Waals surface area contributed by atoms with E-state index < -0.39 is 0 Å². The number of nitrogens with one attached hydrogen (secondary N) is 1. The molecule has 0 radical (unpaired) electrons. The van der Waals surface area contributed by atoms with Gasteiger partial charge in [0.1, 0.15) is 0 Å². The lowest BCUT2D eigenvalue weighted by Crippen LogP contribution is -2.35. The van der Waals surface area contributed by atoms with Crippen molar-refractivity contribution in [1.29, 1.82) is 0 Å². The van der Waals surface area contributed by atoms with Gasteiger partial charge in [0.2, 0.25) is 0 Å². The number of hydrogen-bond donors (Lipinski definition) is 1. The highest BCUT2D eigenvalue weighted by Crippen LogP contribution is 2.34. The number of carbonyl (C=O) groups is 3. The van der Waals surface area contributed by atoms with Crippen molar-refractivity contribution >= 4 is 18.0 Å². The highest BCUT2D eigenvalue weighted by molar-refractivity contribution is 6.01. The molecule has 2 heterocycles. The Morgan fingerprint density at radius 3 is 1.88 bits per heavy atom. The van der Waals surface area contributed by atoms with Gasteiger partial charge in [0.25, 0.3) is 5.91 Å². The van der Waals surface area contributed by atoms with Gasteiger partial charge in [0, 0.05) is 14.1 Å². The van der Waals surface area contributed by atoms with E-state index in [1.807, 2.05) is 74.6 Å². The van der Waals surface area contributed by atoms with Gasteiger partial charge in [-0.25, -0.2) is 9.59 Å². The summed E-state index contributed by atoms with van der Waals surface area (Å²) in [4.78, 5) is 39.9. The van der Waals surface area contributed by atoms with Crippen LogP contribution in [0.15, 0.2) is 73.3 Å². The summed E-state index contributed by atoms with van der Waals surface area (Å²) < 4.78 is 0. The summed E-state index contributed by atoms with van der Waals surface area (Å²) in [5, 5.41) is 2.96. The molecule has 168 valence electrons. The van der Waals surface area contributed by atoms with Crippen LogP contribution in [0.4, 0.5) is 9.59 Å². The standard InChI is InChI=1S/C14H16N2O2.C11H14N2O/c1-4-12(17)16-13(10(2)15(3)14(16)18)11-8-6-5-7-9-11;1-8-10(12-11(14)13(8)2)9-6-4-3-5-7-9/h4-10,13H,1H2,2-3H3;3-8,10H,1-2H3,(H,12,14). The van der Waals surface area contributed by atoms with Crippen LogP contribution >= 0.6 is 0 Å². The Hall–Kier alpha value is -3.61. The van der Waals surface area contributed by atoms with Gasteiger partial charge in [0.15, 0.2) is 0 Å². The SMILES string of the molecule is C=CC(=O)N1C(=O)N(C)C(C)C1c1ccccc1.CC1C(c2ccccc2)NC(=O)N1C. The first-order valence-electron chi connectivity index (χ1n) is 10.6. The van der Waals surface area contributed by atoms with E-state index >= 15 is 0 Å². The molecule has 0 aliphatic carbocycles. The maximum atomic E-state index is 12.1. The maximum absolute atomic E-state index is 12.1. The Morgan fingerprint density at radius 2 is 1.41 bits per heavy atom. The van der Waals surface area contributed by atoms with E-state index in [1.165, 1.54) is 11.0 Å². The second-order valence-corrected chi connectivity index (χ2v) is 8.09. The van der Waals surface area contributed by atoms with Crippen molar-refractivity contribution in [3.05, 3.63) is 84.4 Å². The molecule has 5 amide bonds. The molecule has 2 fully saturated rings. The molecule has 0 saturated carbocycles. The van der Waals surface area contributed by atoms with Crippen LogP contribution in [0.1, 0.15) is 37.1 Å². The third-order valence-electron chi connectivity index (χ3n) is 6.26. The lowest BCUT2D eigenvalue weighted by atomic mass is 10.0. The Kier molecular flexibility index (Phi) is 6.98. The molecule has 1 N–H and O–H groups in total. The first-order valence-corrected chi connectivity index (χ1v) is 10.6. The molecule has 32 heavy (non-hydrogen) atoms. The number of nitrogens with zero attached hydrogens (tertiary/aromatic N) is 3. The van der Waals surface area contributed by atoms with Gasteiger partial charge in [-0.05, 0) is 31.1 Å². The summed E-state index contributed by atoms with van der Waals surface area (Å²) in [6.45, 7) is 7.44. The molecule has 7 nitrogen and oxygen atoms in total.